The molecule has 686 valence electrons. The minimum Gasteiger partial charge on any atom is -0.381 e. The number of halogens is 6. The summed E-state index contributed by atoms with van der Waals surface area (Å²) in [4.78, 5) is 12.7. The standard InChI is InChI=1S/C78H48N6.C30H16F2N4.C6F4N2.C4H8O.CH4NP.2CH4/c79-49-66-75(81-67-33-17-13-29-58(67)59-30-14-18-34-68(59)81)78(84-73-43-39-56(52-25-9-3-10-26-52)47-64(73)65-48-57(40-44-74(65)84)53-27-11-4-12-28-53)80-77(83-69-35-19-15-31-60(69)61-32-16-20-36-70(61)83)76(66)82-71-41-37-54(50-21-5-1-6-22-50)45-62(71)63-46-55(38-42-72(63)82)51-23-7-2-8-24-51;31-27-22(17-33)28(35-23-13-5-1-9-18(23)19-10-2-6-14-24(19)35)29(32)34-30(27)36-25-15-7-3-11-20(25)21-12-4-8-16-26(21)36;7-3-2(1-11)4(8)6(10)12-5(3)9;1-2-4-5-3-1;1-2-3;;/h1-48H;1-16H;;1-4H2;3H,1H3;2*1H4. The van der Waals surface area contributed by atoms with Gasteiger partial charge in [0.15, 0.2) is 34.9 Å². The molecule has 1 fully saturated rings. The predicted octanol–water partition coefficient (Wildman–Crippen LogP) is 32.0. The molecule has 0 radical (unpaired) electrons. The van der Waals surface area contributed by atoms with E-state index in [9.17, 15) is 28.1 Å². The fraction of sp³-hybridized carbons (Fsp3) is 0.0579. The second-order valence-electron chi connectivity index (χ2n) is 33.7. The van der Waals surface area contributed by atoms with Gasteiger partial charge < -0.3 is 18.4 Å². The van der Waals surface area contributed by atoms with E-state index in [4.69, 9.17) is 15.0 Å². The van der Waals surface area contributed by atoms with Crippen molar-refractivity contribution in [2.24, 2.45) is 4.74 Å². The number of hydrogen-bond donors (Lipinski definition) is 0. The first-order valence-electron chi connectivity index (χ1n) is 45.4. The van der Waals surface area contributed by atoms with E-state index < -0.39 is 46.4 Å². The van der Waals surface area contributed by atoms with E-state index in [2.05, 4.69) is 339 Å². The van der Waals surface area contributed by atoms with Crippen molar-refractivity contribution in [3.8, 4) is 97.2 Å². The van der Waals surface area contributed by atoms with Crippen LogP contribution in [0.4, 0.5) is 26.3 Å². The van der Waals surface area contributed by atoms with Crippen LogP contribution in [0.25, 0.3) is 210 Å². The van der Waals surface area contributed by atoms with Crippen LogP contribution in [0.5, 0.6) is 0 Å². The summed E-state index contributed by atoms with van der Waals surface area (Å²) in [5.74, 6) is -8.01. The van der Waals surface area contributed by atoms with Crippen molar-refractivity contribution in [3.63, 3.8) is 0 Å². The Morgan fingerprint density at radius 1 is 0.246 bits per heavy atom. The highest BCUT2D eigenvalue weighted by Gasteiger charge is 2.34. The van der Waals surface area contributed by atoms with Gasteiger partial charge in [0.1, 0.15) is 52.0 Å². The molecule has 10 heterocycles. The van der Waals surface area contributed by atoms with Gasteiger partial charge in [0.2, 0.25) is 5.95 Å². The highest BCUT2D eigenvalue weighted by molar-refractivity contribution is 7.03. The molecule has 0 saturated carbocycles. The number of nitriles is 3. The Hall–Kier alpha value is -18.1. The van der Waals surface area contributed by atoms with Crippen LogP contribution in [-0.4, -0.2) is 62.6 Å². The van der Waals surface area contributed by atoms with E-state index in [-0.39, 0.29) is 26.4 Å². The number of nitrogens with zero attached hydrogens (tertiary/aromatic N) is 13. The third kappa shape index (κ3) is 15.7. The molecular weight excluding hydrogens is 1800 g/mol. The monoisotopic (exact) mass is 1880 g/mol. The van der Waals surface area contributed by atoms with Gasteiger partial charge >= 0.3 is 0 Å². The van der Waals surface area contributed by atoms with E-state index in [1.807, 2.05) is 103 Å². The van der Waals surface area contributed by atoms with E-state index >= 15 is 8.78 Å². The maximum atomic E-state index is 16.2. The Bertz CT molecular complexity index is 8970. The van der Waals surface area contributed by atoms with Gasteiger partial charge in [0.25, 0.3) is 11.9 Å². The zero-order valence-electron chi connectivity index (χ0n) is 74.8. The first kappa shape index (κ1) is 91.6. The maximum absolute atomic E-state index is 16.2. The molecule has 0 bridgehead atoms. The van der Waals surface area contributed by atoms with Crippen molar-refractivity contribution in [3.05, 3.63) is 440 Å². The van der Waals surface area contributed by atoms with E-state index in [0.29, 0.717) is 50.6 Å². The summed E-state index contributed by atoms with van der Waals surface area (Å²) >= 11 is 0. The molecule has 0 N–H and O–H groups in total. The lowest BCUT2D eigenvalue weighted by Gasteiger charge is -2.24. The Morgan fingerprint density at radius 3 is 0.739 bits per heavy atom. The summed E-state index contributed by atoms with van der Waals surface area (Å²) in [5, 5.41) is 43.2. The van der Waals surface area contributed by atoms with Crippen LogP contribution >= 0.6 is 9.03 Å². The number of hydrogen-bond acceptors (Lipinski definition) is 8. The summed E-state index contributed by atoms with van der Waals surface area (Å²) in [6.07, 6.45) is 2.56. The SMILES string of the molecule is C.C.C1CCOC1.CN=P.N#Cc1c(-n2c3ccccc3c3ccccc32)c(-n2c3ccc(-c4ccccc4)cc3c3cc(-c4ccccc4)ccc32)nc(-n2c3ccccc3c3ccccc32)c1-n1c2ccc(-c3ccccc3)cc2c2cc(-c3ccccc3)ccc21.N#Cc1c(F)c(-n2c3ccccc3c3ccccc32)nc(F)c1-n1c2ccccc2c2ccccc21.N#Cc1c(F)c(F)nc(F)c1F. The molecule has 16 aromatic carbocycles. The number of benzene rings is 16. The van der Waals surface area contributed by atoms with Crippen LogP contribution in [0.15, 0.2) is 393 Å². The average molecular weight is 1880 g/mol. The largest absolute Gasteiger partial charge is 0.381 e. The Kier molecular flexibility index (Phi) is 25.0. The van der Waals surface area contributed by atoms with Crippen LogP contribution in [-0.2, 0) is 4.74 Å². The number of rotatable bonds is 10. The molecule has 0 aliphatic carbocycles. The van der Waals surface area contributed by atoms with Crippen LogP contribution < -0.4 is 0 Å². The lowest BCUT2D eigenvalue weighted by atomic mass is 10.0. The summed E-state index contributed by atoms with van der Waals surface area (Å²) < 4.78 is 102. The van der Waals surface area contributed by atoms with Crippen LogP contribution in [0.1, 0.15) is 44.4 Å². The minimum atomic E-state index is -1.83. The zero-order chi connectivity index (χ0) is 95.3. The normalized spacial score (nSPS) is 11.7. The molecular formula is C121H84F6N13OP. The smallest absolute Gasteiger partial charge is 0.253 e. The maximum Gasteiger partial charge on any atom is 0.253 e. The third-order valence-electron chi connectivity index (χ3n) is 25.9. The van der Waals surface area contributed by atoms with Crippen LogP contribution in [0.3, 0.4) is 0 Å². The highest BCUT2D eigenvalue weighted by Crippen LogP contribution is 2.49. The molecule has 25 aromatic rings. The average Bonchev–Trinajstić information content (AvgIpc) is 1.52. The number of para-hydroxylation sites is 8. The minimum absolute atomic E-state index is 0. The summed E-state index contributed by atoms with van der Waals surface area (Å²) in [7, 11) is 4.47. The molecule has 1 saturated heterocycles. The lowest BCUT2D eigenvalue weighted by molar-refractivity contribution is 0.198. The Morgan fingerprint density at radius 2 is 0.479 bits per heavy atom. The summed E-state index contributed by atoms with van der Waals surface area (Å²) in [5.41, 5.74) is 19.3. The molecule has 1 aliphatic heterocycles. The van der Waals surface area contributed by atoms with Gasteiger partial charge in [-0.15, -0.1) is 0 Å². The summed E-state index contributed by atoms with van der Waals surface area (Å²) in [6.45, 7) is 2.00. The molecule has 0 unspecified atom stereocenters. The molecule has 9 aromatic heterocycles. The van der Waals surface area contributed by atoms with Gasteiger partial charge in [-0.05, 0) is 163 Å². The van der Waals surface area contributed by atoms with E-state index in [0.717, 1.165) is 173 Å². The molecule has 0 spiro atoms. The van der Waals surface area contributed by atoms with Crippen LogP contribution in [0, 0.1) is 69.3 Å². The van der Waals surface area contributed by atoms with Crippen molar-refractivity contribution in [1.29, 1.82) is 15.8 Å². The second-order valence-corrected chi connectivity index (χ2v) is 34.2. The quantitative estimate of drug-likeness (QED) is 0.0748. The van der Waals surface area contributed by atoms with Crippen molar-refractivity contribution in [1.82, 2.24) is 42.4 Å². The van der Waals surface area contributed by atoms with Crippen LogP contribution in [0.2, 0.25) is 0 Å². The first-order valence-corrected chi connectivity index (χ1v) is 45.8. The molecule has 21 heteroatoms. The molecule has 26 rings (SSSR count). The molecule has 1 aliphatic rings. The Labute approximate surface area is 814 Å². The van der Waals surface area contributed by atoms with Gasteiger partial charge in [-0.2, -0.15) is 38.9 Å². The van der Waals surface area contributed by atoms with E-state index in [1.165, 1.54) is 12.8 Å². The van der Waals surface area contributed by atoms with E-state index in [1.54, 1.807) is 16.2 Å². The van der Waals surface area contributed by atoms with Gasteiger partial charge in [0.05, 0.1) is 66.2 Å². The zero-order valence-corrected chi connectivity index (χ0v) is 75.8. The highest BCUT2D eigenvalue weighted by atomic mass is 31.0. The first-order chi connectivity index (χ1) is 68.8. The van der Waals surface area contributed by atoms with Crippen molar-refractivity contribution < 1.29 is 31.1 Å². The third-order valence-corrected chi connectivity index (χ3v) is 25.9. The fourth-order valence-electron chi connectivity index (χ4n) is 19.8. The molecule has 0 atom stereocenters. The summed E-state index contributed by atoms with van der Waals surface area (Å²) in [6, 6.07) is 140. The van der Waals surface area contributed by atoms with Gasteiger partial charge in [0, 0.05) is 84.9 Å². The lowest BCUT2D eigenvalue weighted by Crippen LogP contribution is -2.16. The molecule has 142 heavy (non-hydrogen) atoms. The predicted molar refractivity (Wildman–Crippen MR) is 565 cm³/mol. The second kappa shape index (κ2) is 38.8. The Balaban J connectivity index is 0.000000174. The van der Waals surface area contributed by atoms with Crippen molar-refractivity contribution in [2.75, 3.05) is 20.3 Å². The van der Waals surface area contributed by atoms with Crippen molar-refractivity contribution >= 4 is 140 Å². The molecule has 0 amide bonds. The van der Waals surface area contributed by atoms with Gasteiger partial charge in [-0.25, -0.2) is 18.2 Å². The number of pyridine rings is 3. The number of ether oxygens (including phenoxy) is 1. The van der Waals surface area contributed by atoms with Gasteiger partial charge in [-0.1, -0.05) is 306 Å². The van der Waals surface area contributed by atoms with Crippen molar-refractivity contribution in [2.45, 2.75) is 27.7 Å². The number of aromatic nitrogens is 9. The number of fused-ring (bicyclic) bond motifs is 18. The molecule has 14 nitrogen and oxygen atoms in total. The fourth-order valence-corrected chi connectivity index (χ4v) is 19.8. The topological polar surface area (TPSA) is 161 Å². The van der Waals surface area contributed by atoms with Gasteiger partial charge in [-0.3, -0.25) is 18.4 Å².